The van der Waals surface area contributed by atoms with E-state index in [1.165, 1.54) is 36.6 Å². The Kier molecular flexibility index (Phi) is 8.96. The molecule has 0 unspecified atom stereocenters. The van der Waals surface area contributed by atoms with Gasteiger partial charge < -0.3 is 14.8 Å². The number of rotatable bonds is 9. The van der Waals surface area contributed by atoms with Gasteiger partial charge in [0.1, 0.15) is 11.3 Å². The van der Waals surface area contributed by atoms with Crippen LogP contribution < -0.4 is 10.1 Å². The third-order valence-corrected chi connectivity index (χ3v) is 5.42. The fourth-order valence-electron chi connectivity index (χ4n) is 2.50. The van der Waals surface area contributed by atoms with Crippen LogP contribution in [0.15, 0.2) is 36.4 Å². The highest BCUT2D eigenvalue weighted by Crippen LogP contribution is 2.30. The molecule has 1 amide bonds. The average molecular weight is 442 g/mol. The van der Waals surface area contributed by atoms with Crippen molar-refractivity contribution in [2.45, 2.75) is 12.8 Å². The zero-order valence-electron chi connectivity index (χ0n) is 15.6. The molecule has 0 aromatic heterocycles. The van der Waals surface area contributed by atoms with Crippen molar-refractivity contribution < 1.29 is 19.1 Å². The number of nitrogens with one attached hydrogen (secondary N) is 1. The summed E-state index contributed by atoms with van der Waals surface area (Å²) in [5.41, 5.74) is 1.56. The number of carbonyl (C=O) groups is 2. The first kappa shape index (κ1) is 22.4. The molecule has 0 aliphatic rings. The Balaban J connectivity index is 1.81. The van der Waals surface area contributed by atoms with E-state index in [2.05, 4.69) is 5.32 Å². The van der Waals surface area contributed by atoms with E-state index in [-0.39, 0.29) is 27.9 Å². The van der Waals surface area contributed by atoms with Gasteiger partial charge in [0.25, 0.3) is 0 Å². The lowest BCUT2D eigenvalue weighted by Gasteiger charge is -2.12. The summed E-state index contributed by atoms with van der Waals surface area (Å²) in [4.78, 5) is 24.1. The summed E-state index contributed by atoms with van der Waals surface area (Å²) < 4.78 is 9.86. The summed E-state index contributed by atoms with van der Waals surface area (Å²) in [6.07, 6.45) is 1.87. The largest absolute Gasteiger partial charge is 0.497 e. The number of hydrogen-bond acceptors (Lipinski definition) is 5. The predicted molar refractivity (Wildman–Crippen MR) is 115 cm³/mol. The van der Waals surface area contributed by atoms with Gasteiger partial charge >= 0.3 is 5.97 Å². The van der Waals surface area contributed by atoms with Crippen LogP contribution in [0.3, 0.4) is 0 Å². The van der Waals surface area contributed by atoms with Crippen LogP contribution in [0.2, 0.25) is 10.0 Å². The van der Waals surface area contributed by atoms with Crippen molar-refractivity contribution in [3.05, 3.63) is 57.6 Å². The molecule has 0 spiro atoms. The van der Waals surface area contributed by atoms with Gasteiger partial charge in [-0.3, -0.25) is 4.79 Å². The van der Waals surface area contributed by atoms with Crippen molar-refractivity contribution in [3.63, 3.8) is 0 Å². The number of benzene rings is 2. The van der Waals surface area contributed by atoms with E-state index in [1.54, 1.807) is 7.11 Å². The summed E-state index contributed by atoms with van der Waals surface area (Å²) in [7, 11) is 2.89. The molecule has 8 heteroatoms. The minimum atomic E-state index is -0.635. The molecule has 0 atom stereocenters. The molecule has 5 nitrogen and oxygen atoms in total. The molecule has 28 heavy (non-hydrogen) atoms. The van der Waals surface area contributed by atoms with Gasteiger partial charge in [-0.2, -0.15) is 11.8 Å². The molecule has 150 valence electrons. The van der Waals surface area contributed by atoms with Crippen molar-refractivity contribution in [3.8, 4) is 5.75 Å². The molecule has 2 aromatic rings. The molecule has 0 fully saturated rings. The number of carbonyl (C=O) groups excluding carboxylic acids is 2. The van der Waals surface area contributed by atoms with Gasteiger partial charge in [0.05, 0.1) is 30.7 Å². The van der Waals surface area contributed by atoms with Gasteiger partial charge in [-0.05, 0) is 48.4 Å². The van der Waals surface area contributed by atoms with E-state index in [1.807, 2.05) is 24.3 Å². The Morgan fingerprint density at radius 3 is 2.46 bits per heavy atom. The van der Waals surface area contributed by atoms with Crippen molar-refractivity contribution in [2.75, 3.05) is 31.0 Å². The van der Waals surface area contributed by atoms with Crippen molar-refractivity contribution in [1.82, 2.24) is 0 Å². The maximum Gasteiger partial charge on any atom is 0.341 e. The third-order valence-electron chi connectivity index (χ3n) is 3.86. The Morgan fingerprint density at radius 2 is 1.82 bits per heavy atom. The minimum absolute atomic E-state index is 0.0893. The van der Waals surface area contributed by atoms with Crippen LogP contribution in [0, 0.1) is 0 Å². The number of esters is 1. The SMILES string of the molecule is COC(=O)c1c(Cl)cc(Cl)cc1NC(=O)CSCCCc1ccc(OC)cc1. The lowest BCUT2D eigenvalue weighted by molar-refractivity contribution is -0.113. The molecule has 0 heterocycles. The van der Waals surface area contributed by atoms with Gasteiger partial charge in [-0.25, -0.2) is 4.79 Å². The van der Waals surface area contributed by atoms with Gasteiger partial charge in [-0.1, -0.05) is 35.3 Å². The van der Waals surface area contributed by atoms with Crippen molar-refractivity contribution in [2.24, 2.45) is 0 Å². The van der Waals surface area contributed by atoms with Gasteiger partial charge in [-0.15, -0.1) is 0 Å². The second-order valence-corrected chi connectivity index (χ2v) is 7.80. The zero-order valence-corrected chi connectivity index (χ0v) is 17.9. The number of aryl methyl sites for hydroxylation is 1. The molecular formula is C20H21Cl2NO4S. The summed E-state index contributed by atoms with van der Waals surface area (Å²) in [5.74, 6) is 1.05. The third kappa shape index (κ3) is 6.62. The highest BCUT2D eigenvalue weighted by molar-refractivity contribution is 7.99. The smallest absolute Gasteiger partial charge is 0.341 e. The molecule has 0 aliphatic carbocycles. The second kappa shape index (κ2) is 11.2. The summed E-state index contributed by atoms with van der Waals surface area (Å²) >= 11 is 13.6. The lowest BCUT2D eigenvalue weighted by Crippen LogP contribution is -2.17. The quantitative estimate of drug-likeness (QED) is 0.433. The predicted octanol–water partition coefficient (Wildman–Crippen LogP) is 5.09. The van der Waals surface area contributed by atoms with Crippen LogP contribution in [0.4, 0.5) is 5.69 Å². The number of thioether (sulfide) groups is 1. The highest BCUT2D eigenvalue weighted by Gasteiger charge is 2.19. The fourth-order valence-corrected chi connectivity index (χ4v) is 3.82. The maximum atomic E-state index is 12.2. The first-order valence-corrected chi connectivity index (χ1v) is 10.4. The van der Waals surface area contributed by atoms with E-state index in [4.69, 9.17) is 32.7 Å². The van der Waals surface area contributed by atoms with Crippen LogP contribution in [0.1, 0.15) is 22.3 Å². The lowest BCUT2D eigenvalue weighted by atomic mass is 10.1. The normalized spacial score (nSPS) is 10.4. The molecule has 2 aromatic carbocycles. The second-order valence-electron chi connectivity index (χ2n) is 5.85. The number of hydrogen-bond donors (Lipinski definition) is 1. The molecule has 0 radical (unpaired) electrons. The fraction of sp³-hybridized carbons (Fsp3) is 0.300. The van der Waals surface area contributed by atoms with E-state index in [0.29, 0.717) is 5.02 Å². The Bertz CT molecular complexity index is 828. The monoisotopic (exact) mass is 441 g/mol. The first-order valence-electron chi connectivity index (χ1n) is 8.52. The molecule has 0 aliphatic heterocycles. The van der Waals surface area contributed by atoms with Crippen molar-refractivity contribution in [1.29, 1.82) is 0 Å². The zero-order chi connectivity index (χ0) is 20.5. The minimum Gasteiger partial charge on any atom is -0.497 e. The van der Waals surface area contributed by atoms with Crippen LogP contribution in [0.25, 0.3) is 0 Å². The van der Waals surface area contributed by atoms with E-state index in [0.717, 1.165) is 24.3 Å². The van der Waals surface area contributed by atoms with Gasteiger partial charge in [0, 0.05) is 5.02 Å². The molecular weight excluding hydrogens is 421 g/mol. The van der Waals surface area contributed by atoms with Crippen molar-refractivity contribution >= 4 is 52.5 Å². The topological polar surface area (TPSA) is 64.6 Å². The summed E-state index contributed by atoms with van der Waals surface area (Å²) in [6.45, 7) is 0. The van der Waals surface area contributed by atoms with E-state index >= 15 is 0 Å². The van der Waals surface area contributed by atoms with E-state index < -0.39 is 5.97 Å². The summed E-state index contributed by atoms with van der Waals surface area (Å²) in [6, 6.07) is 10.8. The van der Waals surface area contributed by atoms with E-state index in [9.17, 15) is 9.59 Å². The van der Waals surface area contributed by atoms with Crippen LogP contribution in [0.5, 0.6) is 5.75 Å². The first-order chi connectivity index (χ1) is 13.4. The number of halogens is 2. The number of ether oxygens (including phenoxy) is 2. The summed E-state index contributed by atoms with van der Waals surface area (Å²) in [5, 5.41) is 3.13. The Hall–Kier alpha value is -1.89. The standard InChI is InChI=1S/C20H21Cl2NO4S/c1-26-15-7-5-13(6-8-15)4-3-9-28-12-18(24)23-17-11-14(21)10-16(22)19(17)20(25)27-2/h5-8,10-11H,3-4,9,12H2,1-2H3,(H,23,24). The molecule has 2 rings (SSSR count). The molecule has 0 saturated carbocycles. The average Bonchev–Trinajstić information content (AvgIpc) is 2.67. The van der Waals surface area contributed by atoms with Crippen LogP contribution >= 0.6 is 35.0 Å². The maximum absolute atomic E-state index is 12.2. The van der Waals surface area contributed by atoms with Gasteiger partial charge in [0.15, 0.2) is 0 Å². The van der Waals surface area contributed by atoms with Gasteiger partial charge in [0.2, 0.25) is 5.91 Å². The van der Waals surface area contributed by atoms with Crippen LogP contribution in [-0.2, 0) is 16.0 Å². The van der Waals surface area contributed by atoms with Crippen LogP contribution in [-0.4, -0.2) is 37.6 Å². The molecule has 1 N–H and O–H groups in total. The molecule has 0 saturated heterocycles. The number of anilines is 1. The number of methoxy groups -OCH3 is 2. The highest BCUT2D eigenvalue weighted by atomic mass is 35.5. The Morgan fingerprint density at radius 1 is 1.11 bits per heavy atom. The Labute approximate surface area is 178 Å². The molecule has 0 bridgehead atoms. The number of amides is 1.